The average molecular weight is 1180 g/mol. The largest absolute Gasteiger partial charge is 0.462 e. The number of nitrogens with two attached hydrogens (primary N) is 1. The van der Waals surface area contributed by atoms with Gasteiger partial charge in [-0.25, -0.2) is 4.79 Å². The highest BCUT2D eigenvalue weighted by atomic mass is 16.5. The number of carbonyl (C=O) groups excluding carboxylic acids is 8. The van der Waals surface area contributed by atoms with Gasteiger partial charge in [-0.3, -0.25) is 33.6 Å². The summed E-state index contributed by atoms with van der Waals surface area (Å²) in [6.45, 7) is 8.93. The number of rotatable bonds is 27. The highest BCUT2D eigenvalue weighted by Gasteiger charge is 2.12. The van der Waals surface area contributed by atoms with Crippen molar-refractivity contribution < 1.29 is 58.4 Å². The van der Waals surface area contributed by atoms with Crippen molar-refractivity contribution in [2.45, 2.75) is 130 Å². The third-order valence-electron chi connectivity index (χ3n) is 12.0. The lowest BCUT2D eigenvalue weighted by molar-refractivity contribution is -0.129. The maximum Gasteiger partial charge on any atom is 0.338 e. The summed E-state index contributed by atoms with van der Waals surface area (Å²) in [6.07, 6.45) is 15.2. The molecule has 0 saturated carbocycles. The Morgan fingerprint density at radius 3 is 1.37 bits per heavy atom. The minimum Gasteiger partial charge on any atom is -0.462 e. The van der Waals surface area contributed by atoms with E-state index in [2.05, 4.69) is 39.6 Å². The Morgan fingerprint density at radius 2 is 0.942 bits per heavy atom. The minimum absolute atomic E-state index is 0.0920. The lowest BCUT2D eigenvalue weighted by atomic mass is 10.1. The summed E-state index contributed by atoms with van der Waals surface area (Å²) in [4.78, 5) is 95.2. The van der Waals surface area contributed by atoms with Crippen LogP contribution in [0.1, 0.15) is 175 Å². The van der Waals surface area contributed by atoms with Crippen LogP contribution in [0.15, 0.2) is 109 Å². The quantitative estimate of drug-likeness (QED) is 0.0170. The number of unbranched alkanes of at least 4 members (excludes halogenated alkanes) is 3. The number of Topliss-reactive ketones (excluding diaryl/α,β-unsaturated/α-hetero) is 1. The van der Waals surface area contributed by atoms with Crippen LogP contribution in [0, 0.1) is 23.7 Å². The third-order valence-corrected chi connectivity index (χ3v) is 12.0. The van der Waals surface area contributed by atoms with Crippen LogP contribution in [-0.4, -0.2) is 145 Å². The monoisotopic (exact) mass is 1180 g/mol. The first-order chi connectivity index (χ1) is 41.1. The molecular weight excluding hydrogens is 1090 g/mol. The summed E-state index contributed by atoms with van der Waals surface area (Å²) < 4.78 is 4.95. The number of ether oxygens (including phenoxy) is 1. The summed E-state index contributed by atoms with van der Waals surface area (Å²) in [5, 5.41) is 34.9. The first-order valence-electron chi connectivity index (χ1n) is 28.9. The zero-order chi connectivity index (χ0) is 64.2. The number of benzene rings is 4. The van der Waals surface area contributed by atoms with Gasteiger partial charge in [0, 0.05) is 119 Å². The fraction of sp³-hybridized carbons (Fsp3) is 0.412. The normalized spacial score (nSPS) is 11.3. The van der Waals surface area contributed by atoms with Crippen molar-refractivity contribution in [3.05, 3.63) is 154 Å². The maximum absolute atomic E-state index is 12.0. The molecule has 0 spiro atoms. The van der Waals surface area contributed by atoms with Crippen molar-refractivity contribution >= 4 is 59.3 Å². The standard InChI is InChI=1S/C18H23NO3.C17H24N2O3.C17H21NO3.C16H22N2O3/c1-3-17(21)11-6-4-5-8-15-9-7-10-16(12-15)18(22)19-14(2)13-20;1-13(12-20)18-17(22)15-9-6-8-14(11-15)7-4-5-10-16(21)19(2)3;1-4-21-17(20)15-11-8-10-14(13-15)9-6-5-7-12-16(19)18(2)3;1-12(11-19)18-16(21)14-8-5-7-13(10-14)6-3-2-4-9-15(17)20/h7,9-10,12,14,20H,3-4,6,11,13H2,1-2H3,(H,19,22);4,6-9,11,13,20H,5,10,12H2,1-3H3,(H,18,22);8,10-11,13H,4-5,7,12H2,1-3H3;3,5-8,10,12,19H,2,4,9,11H2,1H3,(H2,17,20)(H,18,21)/b;7-4-;;6-3-. The van der Waals surface area contributed by atoms with E-state index < -0.39 is 0 Å². The molecule has 4 aromatic carbocycles. The molecule has 3 unspecified atom stereocenters. The molecule has 3 atom stereocenters. The van der Waals surface area contributed by atoms with Gasteiger partial charge in [-0.2, -0.15) is 0 Å². The van der Waals surface area contributed by atoms with E-state index in [-0.39, 0.29) is 85.1 Å². The van der Waals surface area contributed by atoms with Crippen LogP contribution in [-0.2, 0) is 23.9 Å². The molecule has 0 fully saturated rings. The topological polar surface area (TPSA) is 275 Å². The van der Waals surface area contributed by atoms with Gasteiger partial charge < -0.3 is 51.5 Å². The van der Waals surface area contributed by atoms with Gasteiger partial charge in [0.2, 0.25) is 17.7 Å². The molecule has 0 aliphatic heterocycles. The van der Waals surface area contributed by atoms with Gasteiger partial charge in [0.1, 0.15) is 5.78 Å². The molecule has 18 nitrogen and oxygen atoms in total. The molecule has 4 rings (SSSR count). The first-order valence-corrected chi connectivity index (χ1v) is 28.9. The Labute approximate surface area is 509 Å². The average Bonchev–Trinajstić information content (AvgIpc) is 3.69. The number of aliphatic hydroxyl groups excluding tert-OH is 3. The Morgan fingerprint density at radius 1 is 0.535 bits per heavy atom. The number of primary amides is 1. The molecule has 0 aromatic heterocycles. The highest BCUT2D eigenvalue weighted by Crippen LogP contribution is 2.12. The fourth-order valence-corrected chi connectivity index (χ4v) is 7.00. The van der Waals surface area contributed by atoms with Gasteiger partial charge >= 0.3 is 5.97 Å². The van der Waals surface area contributed by atoms with E-state index in [0.717, 1.165) is 47.9 Å². The molecule has 18 heteroatoms. The number of carbonyl (C=O) groups is 8. The second-order valence-electron chi connectivity index (χ2n) is 20.3. The van der Waals surface area contributed by atoms with Crippen LogP contribution < -0.4 is 21.7 Å². The number of hydrogen-bond acceptors (Lipinski definition) is 12. The van der Waals surface area contributed by atoms with E-state index in [1.807, 2.05) is 67.6 Å². The molecule has 4 aromatic rings. The summed E-state index contributed by atoms with van der Waals surface area (Å²) >= 11 is 0. The van der Waals surface area contributed by atoms with E-state index >= 15 is 0 Å². The van der Waals surface area contributed by atoms with E-state index in [9.17, 15) is 38.4 Å². The predicted molar refractivity (Wildman–Crippen MR) is 338 cm³/mol. The first kappa shape index (κ1) is 75.3. The summed E-state index contributed by atoms with van der Waals surface area (Å²) in [5.41, 5.74) is 10.6. The predicted octanol–water partition coefficient (Wildman–Crippen LogP) is 7.92. The Balaban J connectivity index is 0.000000573. The molecule has 0 heterocycles. The molecule has 0 radical (unpaired) electrons. The van der Waals surface area contributed by atoms with Crippen molar-refractivity contribution in [3.63, 3.8) is 0 Å². The Kier molecular flexibility index (Phi) is 39.2. The zero-order valence-electron chi connectivity index (χ0n) is 51.6. The van der Waals surface area contributed by atoms with E-state index in [1.165, 1.54) is 0 Å². The van der Waals surface area contributed by atoms with Gasteiger partial charge in [-0.1, -0.05) is 91.3 Å². The molecule has 0 aliphatic rings. The Hall–Kier alpha value is -8.68. The van der Waals surface area contributed by atoms with Gasteiger partial charge in [0.25, 0.3) is 17.7 Å². The van der Waals surface area contributed by atoms with Crippen LogP contribution in [0.2, 0.25) is 0 Å². The maximum atomic E-state index is 12.0. The SMILES string of the molecule is CC(CO)NC(=O)c1cccc(/C=C\CCC(=O)N(C)C)c1.CC(CO)NC(=O)c1cccc(/C=C\CCCC(N)=O)c1.CCC(=O)CCCC#Cc1cccc(C(=O)NC(C)CO)c1.CCOC(=O)c1cccc(C#CCCCC(=O)N(C)C)c1. The molecule has 0 bridgehead atoms. The van der Waals surface area contributed by atoms with E-state index in [4.69, 9.17) is 25.8 Å². The van der Waals surface area contributed by atoms with Gasteiger partial charge in [0.15, 0.2) is 0 Å². The lowest BCUT2D eigenvalue weighted by Gasteiger charge is -2.11. The second-order valence-corrected chi connectivity index (χ2v) is 20.3. The fourth-order valence-electron chi connectivity index (χ4n) is 7.00. The van der Waals surface area contributed by atoms with E-state index in [0.29, 0.717) is 80.2 Å². The van der Waals surface area contributed by atoms with Crippen LogP contribution in [0.4, 0.5) is 0 Å². The summed E-state index contributed by atoms with van der Waals surface area (Å²) in [7, 11) is 6.97. The second kappa shape index (κ2) is 44.8. The summed E-state index contributed by atoms with van der Waals surface area (Å²) in [5.74, 6) is 11.3. The number of ketones is 1. The lowest BCUT2D eigenvalue weighted by Crippen LogP contribution is -2.34. The van der Waals surface area contributed by atoms with E-state index in [1.54, 1.807) is 126 Å². The molecule has 0 saturated heterocycles. The highest BCUT2D eigenvalue weighted by molar-refractivity contribution is 5.96. The number of nitrogens with one attached hydrogen (secondary N) is 3. The number of esters is 1. The van der Waals surface area contributed by atoms with Crippen molar-refractivity contribution in [1.29, 1.82) is 0 Å². The van der Waals surface area contributed by atoms with Crippen LogP contribution in [0.3, 0.4) is 0 Å². The smallest absolute Gasteiger partial charge is 0.338 e. The summed E-state index contributed by atoms with van der Waals surface area (Å²) in [6, 6.07) is 27.7. The number of aliphatic hydroxyl groups is 3. The number of nitrogens with zero attached hydrogens (tertiary/aromatic N) is 2. The molecule has 86 heavy (non-hydrogen) atoms. The Bertz CT molecular complexity index is 2960. The van der Waals surface area contributed by atoms with Gasteiger partial charge in [-0.05, 0) is 132 Å². The van der Waals surface area contributed by atoms with Crippen molar-refractivity contribution in [1.82, 2.24) is 25.8 Å². The van der Waals surface area contributed by atoms with Crippen molar-refractivity contribution in [2.24, 2.45) is 5.73 Å². The van der Waals surface area contributed by atoms with Crippen LogP contribution >= 0.6 is 0 Å². The molecule has 464 valence electrons. The van der Waals surface area contributed by atoms with Crippen molar-refractivity contribution in [2.75, 3.05) is 54.6 Å². The third kappa shape index (κ3) is 34.8. The van der Waals surface area contributed by atoms with Crippen LogP contribution in [0.5, 0.6) is 0 Å². The number of amides is 6. The minimum atomic E-state index is -0.335. The number of hydrogen-bond donors (Lipinski definition) is 7. The zero-order valence-corrected chi connectivity index (χ0v) is 51.6. The molecule has 8 N–H and O–H groups in total. The van der Waals surface area contributed by atoms with Crippen LogP contribution in [0.25, 0.3) is 12.2 Å². The van der Waals surface area contributed by atoms with Gasteiger partial charge in [-0.15, -0.1) is 0 Å². The molecule has 0 aliphatic carbocycles. The number of allylic oxidation sites excluding steroid dienone is 2. The molecule has 6 amide bonds. The van der Waals surface area contributed by atoms with Crippen molar-refractivity contribution in [3.8, 4) is 23.7 Å². The van der Waals surface area contributed by atoms with Gasteiger partial charge in [0.05, 0.1) is 32.0 Å². The molecular formula is C68H90N6O12.